The van der Waals surface area contributed by atoms with Crippen LogP contribution in [-0.2, 0) is 16.0 Å². The van der Waals surface area contributed by atoms with Gasteiger partial charge >= 0.3 is 0 Å². The molecule has 0 unspecified atom stereocenters. The summed E-state index contributed by atoms with van der Waals surface area (Å²) in [6, 6.07) is 11.6. The summed E-state index contributed by atoms with van der Waals surface area (Å²) in [6.07, 6.45) is 0.656. The maximum atomic E-state index is 13.3. The molecule has 9 heteroatoms. The molecule has 2 amide bonds. The van der Waals surface area contributed by atoms with Gasteiger partial charge in [-0.25, -0.2) is 4.90 Å². The summed E-state index contributed by atoms with van der Waals surface area (Å²) in [7, 11) is 3.17. The highest BCUT2D eigenvalue weighted by molar-refractivity contribution is 7.80. The highest BCUT2D eigenvalue weighted by Crippen LogP contribution is 2.29. The Morgan fingerprint density at radius 2 is 1.84 bits per heavy atom. The van der Waals surface area contributed by atoms with Crippen molar-refractivity contribution in [1.82, 2.24) is 10.2 Å². The van der Waals surface area contributed by atoms with Crippen molar-refractivity contribution in [2.24, 2.45) is 0 Å². The second-order valence-corrected chi connectivity index (χ2v) is 8.06. The molecule has 7 nitrogen and oxygen atoms in total. The molecular formula is C23H26ClN3O4S. The number of imide groups is 1. The highest BCUT2D eigenvalue weighted by atomic mass is 35.5. The van der Waals surface area contributed by atoms with Crippen LogP contribution in [0.25, 0.3) is 0 Å². The van der Waals surface area contributed by atoms with E-state index in [1.54, 1.807) is 43.4 Å². The average Bonchev–Trinajstić information content (AvgIpc) is 3.08. The number of halogens is 1. The molecule has 32 heavy (non-hydrogen) atoms. The number of methoxy groups -OCH3 is 2. The third-order valence-electron chi connectivity index (χ3n) is 5.26. The monoisotopic (exact) mass is 475 g/mol. The van der Waals surface area contributed by atoms with Crippen LogP contribution in [-0.4, -0.2) is 55.2 Å². The lowest BCUT2D eigenvalue weighted by Crippen LogP contribution is -2.50. The number of nitrogens with zero attached hydrogens (tertiary/aromatic N) is 2. The van der Waals surface area contributed by atoms with Gasteiger partial charge in [0.25, 0.3) is 5.91 Å². The van der Waals surface area contributed by atoms with Gasteiger partial charge in [0.2, 0.25) is 5.91 Å². The van der Waals surface area contributed by atoms with E-state index < -0.39 is 6.04 Å². The normalized spacial score (nSPS) is 15.6. The summed E-state index contributed by atoms with van der Waals surface area (Å²) < 4.78 is 10.7. The van der Waals surface area contributed by atoms with Crippen LogP contribution in [0.3, 0.4) is 0 Å². The molecule has 2 aromatic rings. The van der Waals surface area contributed by atoms with Crippen LogP contribution in [0.1, 0.15) is 18.9 Å². The number of amides is 2. The zero-order valence-corrected chi connectivity index (χ0v) is 19.8. The predicted molar refractivity (Wildman–Crippen MR) is 129 cm³/mol. The van der Waals surface area contributed by atoms with Crippen LogP contribution >= 0.6 is 23.8 Å². The van der Waals surface area contributed by atoms with Crippen LogP contribution in [0.15, 0.2) is 42.5 Å². The minimum Gasteiger partial charge on any atom is -0.493 e. The van der Waals surface area contributed by atoms with Gasteiger partial charge in [-0.3, -0.25) is 9.59 Å². The lowest BCUT2D eigenvalue weighted by Gasteiger charge is -2.30. The standard InChI is InChI=1S/C23H26ClN3O4S/c1-4-25-23(32)26(12-11-15-5-10-19(30-2)20(13-15)31-3)18-14-21(28)27(22(18)29)17-8-6-16(24)7-9-17/h5-10,13,18H,4,11-12,14H2,1-3H3,(H,25,32)/t18-/m0/s1. The molecule has 1 saturated heterocycles. The van der Waals surface area contributed by atoms with E-state index in [-0.39, 0.29) is 18.2 Å². The number of hydrogen-bond acceptors (Lipinski definition) is 5. The van der Waals surface area contributed by atoms with E-state index in [1.165, 1.54) is 4.90 Å². The number of hydrogen-bond donors (Lipinski definition) is 1. The van der Waals surface area contributed by atoms with Crippen molar-refractivity contribution in [3.8, 4) is 11.5 Å². The molecule has 0 bridgehead atoms. The summed E-state index contributed by atoms with van der Waals surface area (Å²) in [6.45, 7) is 3.00. The first-order valence-corrected chi connectivity index (χ1v) is 11.1. The van der Waals surface area contributed by atoms with Crippen molar-refractivity contribution in [2.75, 3.05) is 32.2 Å². The minimum absolute atomic E-state index is 0.0545. The Bertz CT molecular complexity index is 999. The van der Waals surface area contributed by atoms with Crippen molar-refractivity contribution in [1.29, 1.82) is 0 Å². The molecule has 2 aromatic carbocycles. The molecule has 1 N–H and O–H groups in total. The third kappa shape index (κ3) is 5.14. The van der Waals surface area contributed by atoms with E-state index in [2.05, 4.69) is 5.32 Å². The zero-order valence-electron chi connectivity index (χ0n) is 18.3. The third-order valence-corrected chi connectivity index (χ3v) is 5.89. The van der Waals surface area contributed by atoms with Gasteiger partial charge in [-0.2, -0.15) is 0 Å². The average molecular weight is 476 g/mol. The van der Waals surface area contributed by atoms with E-state index in [0.29, 0.717) is 46.8 Å². The molecule has 0 aliphatic carbocycles. The van der Waals surface area contributed by atoms with Gasteiger partial charge in [0.05, 0.1) is 26.3 Å². The van der Waals surface area contributed by atoms with Crippen LogP contribution in [0, 0.1) is 0 Å². The molecule has 1 aliphatic rings. The molecular weight excluding hydrogens is 450 g/mol. The fourth-order valence-corrected chi connectivity index (χ4v) is 4.15. The maximum absolute atomic E-state index is 13.3. The van der Waals surface area contributed by atoms with Crippen molar-refractivity contribution in [3.05, 3.63) is 53.1 Å². The number of ether oxygens (including phenoxy) is 2. The second kappa shape index (κ2) is 10.7. The van der Waals surface area contributed by atoms with E-state index in [9.17, 15) is 9.59 Å². The van der Waals surface area contributed by atoms with Crippen molar-refractivity contribution in [2.45, 2.75) is 25.8 Å². The molecule has 0 saturated carbocycles. The molecule has 1 heterocycles. The van der Waals surface area contributed by atoms with Crippen molar-refractivity contribution < 1.29 is 19.1 Å². The molecule has 1 aliphatic heterocycles. The summed E-state index contributed by atoms with van der Waals surface area (Å²) in [5.74, 6) is 0.709. The van der Waals surface area contributed by atoms with Crippen LogP contribution in [0.5, 0.6) is 11.5 Å². The number of benzene rings is 2. The van der Waals surface area contributed by atoms with Gasteiger partial charge in [0.15, 0.2) is 16.6 Å². The number of anilines is 1. The van der Waals surface area contributed by atoms with Crippen LogP contribution < -0.4 is 19.7 Å². The van der Waals surface area contributed by atoms with Crippen molar-refractivity contribution >= 4 is 46.4 Å². The van der Waals surface area contributed by atoms with E-state index in [1.807, 2.05) is 25.1 Å². The Labute approximate surface area is 198 Å². The maximum Gasteiger partial charge on any atom is 0.257 e. The molecule has 0 aromatic heterocycles. The van der Waals surface area contributed by atoms with Gasteiger partial charge in [-0.1, -0.05) is 17.7 Å². The molecule has 170 valence electrons. The molecule has 1 atom stereocenters. The fourth-order valence-electron chi connectivity index (χ4n) is 3.66. The van der Waals surface area contributed by atoms with E-state index in [0.717, 1.165) is 5.56 Å². The molecule has 3 rings (SSSR count). The first kappa shape index (κ1) is 23.8. The summed E-state index contributed by atoms with van der Waals surface area (Å²) in [5, 5.41) is 4.09. The molecule has 0 spiro atoms. The van der Waals surface area contributed by atoms with Gasteiger partial charge in [0.1, 0.15) is 6.04 Å². The van der Waals surface area contributed by atoms with Crippen LogP contribution in [0.4, 0.5) is 5.69 Å². The van der Waals surface area contributed by atoms with Gasteiger partial charge < -0.3 is 19.7 Å². The number of carbonyl (C=O) groups excluding carboxylic acids is 2. The largest absolute Gasteiger partial charge is 0.493 e. The molecule has 1 fully saturated rings. The summed E-state index contributed by atoms with van der Waals surface area (Å²) in [5.41, 5.74) is 1.50. The summed E-state index contributed by atoms with van der Waals surface area (Å²) >= 11 is 11.5. The van der Waals surface area contributed by atoms with Gasteiger partial charge in [-0.15, -0.1) is 0 Å². The lowest BCUT2D eigenvalue weighted by molar-refractivity contribution is -0.122. The van der Waals surface area contributed by atoms with E-state index in [4.69, 9.17) is 33.3 Å². The fraction of sp³-hybridized carbons (Fsp3) is 0.348. The first-order valence-electron chi connectivity index (χ1n) is 10.3. The summed E-state index contributed by atoms with van der Waals surface area (Å²) in [4.78, 5) is 29.0. The zero-order chi connectivity index (χ0) is 23.3. The Morgan fingerprint density at radius 1 is 1.16 bits per heavy atom. The van der Waals surface area contributed by atoms with Gasteiger partial charge in [0, 0.05) is 18.1 Å². The Hall–Kier alpha value is -2.84. The lowest BCUT2D eigenvalue weighted by atomic mass is 10.1. The highest BCUT2D eigenvalue weighted by Gasteiger charge is 2.43. The number of carbonyl (C=O) groups is 2. The topological polar surface area (TPSA) is 71.1 Å². The number of rotatable bonds is 8. The first-order chi connectivity index (χ1) is 15.4. The Balaban J connectivity index is 1.81. The molecule has 0 radical (unpaired) electrons. The quantitative estimate of drug-likeness (QED) is 0.463. The predicted octanol–water partition coefficient (Wildman–Crippen LogP) is 3.43. The second-order valence-electron chi connectivity index (χ2n) is 7.23. The SMILES string of the molecule is CCNC(=S)N(CCc1ccc(OC)c(OC)c1)[C@H]1CC(=O)N(c2ccc(Cl)cc2)C1=O. The smallest absolute Gasteiger partial charge is 0.257 e. The Kier molecular flexibility index (Phi) is 7.93. The van der Waals surface area contributed by atoms with E-state index >= 15 is 0 Å². The van der Waals surface area contributed by atoms with Crippen molar-refractivity contribution in [3.63, 3.8) is 0 Å². The number of thiocarbonyl (C=S) groups is 1. The number of nitrogens with one attached hydrogen (secondary N) is 1. The van der Waals surface area contributed by atoms with Crippen LogP contribution in [0.2, 0.25) is 5.02 Å². The minimum atomic E-state index is -0.676. The Morgan fingerprint density at radius 3 is 2.47 bits per heavy atom. The van der Waals surface area contributed by atoms with Gasteiger partial charge in [-0.05, 0) is 67.5 Å².